The van der Waals surface area contributed by atoms with E-state index in [2.05, 4.69) is 11.1 Å². The molecule has 1 aromatic heterocycles. The molecular weight excluding hydrogens is 342 g/mol. The highest BCUT2D eigenvalue weighted by molar-refractivity contribution is 7.12. The van der Waals surface area contributed by atoms with Gasteiger partial charge in [0, 0.05) is 17.6 Å². The minimum atomic E-state index is 0.644. The number of aromatic nitrogens is 2. The highest BCUT2D eigenvalue weighted by Crippen LogP contribution is 2.23. The van der Waals surface area contributed by atoms with Crippen LogP contribution in [-0.2, 0) is 6.54 Å². The molecule has 0 saturated heterocycles. The molecule has 0 atom stereocenters. The van der Waals surface area contributed by atoms with Gasteiger partial charge in [0.15, 0.2) is 0 Å². The third-order valence-corrected chi connectivity index (χ3v) is 4.75. The second-order valence-corrected chi connectivity index (χ2v) is 6.55. The van der Waals surface area contributed by atoms with E-state index < -0.39 is 0 Å². The molecule has 0 bridgehead atoms. The number of ether oxygens (including phenoxy) is 1. The van der Waals surface area contributed by atoms with E-state index in [0.717, 1.165) is 26.7 Å². The Labute approximate surface area is 150 Å². The predicted molar refractivity (Wildman–Crippen MR) is 98.8 cm³/mol. The molecule has 3 rings (SSSR count). The van der Waals surface area contributed by atoms with E-state index in [1.165, 1.54) is 0 Å². The van der Waals surface area contributed by atoms with Crippen molar-refractivity contribution >= 4 is 22.9 Å². The van der Waals surface area contributed by atoms with Gasteiger partial charge in [-0.2, -0.15) is 5.10 Å². The predicted octanol–water partition coefficient (Wildman–Crippen LogP) is 4.24. The Hall–Kier alpha value is -2.11. The van der Waals surface area contributed by atoms with Gasteiger partial charge in [0.1, 0.15) is 10.8 Å². The van der Waals surface area contributed by atoms with Gasteiger partial charge in [0.25, 0.3) is 0 Å². The van der Waals surface area contributed by atoms with Crippen LogP contribution < -0.4 is 9.54 Å². The van der Waals surface area contributed by atoms with E-state index in [0.29, 0.717) is 18.2 Å². The number of nitrogens with zero attached hydrogens (tertiary/aromatic N) is 3. The minimum absolute atomic E-state index is 0.644. The normalized spacial score (nSPS) is 11.7. The molecule has 6 heteroatoms. The molecule has 1 heterocycles. The molecule has 4 nitrogen and oxygen atoms in total. The lowest BCUT2D eigenvalue weighted by molar-refractivity contribution is 0.340. The summed E-state index contributed by atoms with van der Waals surface area (Å²) >= 11 is 7.64. The van der Waals surface area contributed by atoms with Gasteiger partial charge in [-0.25, -0.2) is 4.68 Å². The first-order chi connectivity index (χ1) is 11.7. The lowest BCUT2D eigenvalue weighted by Crippen LogP contribution is -2.17. The van der Waals surface area contributed by atoms with E-state index in [9.17, 15) is 0 Å². The monoisotopic (exact) mass is 359 g/mol. The van der Waals surface area contributed by atoms with Gasteiger partial charge in [-0.15, -0.1) is 0 Å². The van der Waals surface area contributed by atoms with Crippen LogP contribution in [0.25, 0.3) is 10.6 Å². The lowest BCUT2D eigenvalue weighted by atomic mass is 10.2. The molecule has 0 amide bonds. The van der Waals surface area contributed by atoms with Crippen LogP contribution in [0, 0.1) is 0 Å². The van der Waals surface area contributed by atoms with Crippen molar-refractivity contribution in [3.63, 3.8) is 0 Å². The number of rotatable bonds is 5. The molecule has 0 unspecified atom stereocenters. The summed E-state index contributed by atoms with van der Waals surface area (Å²) in [5, 5.41) is 6.31. The Morgan fingerprint density at radius 2 is 2.04 bits per heavy atom. The number of halogens is 1. The Morgan fingerprint density at radius 1 is 1.21 bits per heavy atom. The molecule has 0 radical (unpaired) electrons. The van der Waals surface area contributed by atoms with Crippen molar-refractivity contribution in [3.8, 4) is 16.3 Å². The van der Waals surface area contributed by atoms with Gasteiger partial charge in [-0.3, -0.25) is 4.99 Å². The average Bonchev–Trinajstić information content (AvgIpc) is 2.98. The average molecular weight is 360 g/mol. The fraction of sp³-hybridized carbons (Fsp3) is 0.222. The SMILES string of the molecule is CCOc1cccc(Cn2nc(-c3cccc(Cl)c3)sc2=NC)c1. The van der Waals surface area contributed by atoms with Crippen molar-refractivity contribution in [2.75, 3.05) is 13.7 Å². The smallest absolute Gasteiger partial charge is 0.203 e. The summed E-state index contributed by atoms with van der Waals surface area (Å²) in [6.45, 7) is 3.28. The summed E-state index contributed by atoms with van der Waals surface area (Å²) in [5.41, 5.74) is 2.12. The van der Waals surface area contributed by atoms with Crippen molar-refractivity contribution in [1.29, 1.82) is 0 Å². The Kier molecular flexibility index (Phi) is 5.33. The molecule has 0 spiro atoms. The summed E-state index contributed by atoms with van der Waals surface area (Å²) in [6, 6.07) is 15.8. The topological polar surface area (TPSA) is 39.4 Å². The van der Waals surface area contributed by atoms with E-state index >= 15 is 0 Å². The maximum atomic E-state index is 6.08. The first-order valence-electron chi connectivity index (χ1n) is 7.68. The van der Waals surface area contributed by atoms with E-state index in [4.69, 9.17) is 21.4 Å². The standard InChI is InChI=1S/C18H18ClN3OS/c1-3-23-16-9-4-6-13(10-16)12-22-18(20-2)24-17(21-22)14-7-5-8-15(19)11-14/h4-11H,3,12H2,1-2H3. The summed E-state index contributed by atoms with van der Waals surface area (Å²) in [7, 11) is 1.78. The molecule has 0 aliphatic rings. The largest absolute Gasteiger partial charge is 0.494 e. The quantitative estimate of drug-likeness (QED) is 0.683. The van der Waals surface area contributed by atoms with Crippen LogP contribution in [0.2, 0.25) is 5.02 Å². The number of hydrogen-bond donors (Lipinski definition) is 0. The fourth-order valence-electron chi connectivity index (χ4n) is 2.39. The third-order valence-electron chi connectivity index (χ3n) is 3.42. The van der Waals surface area contributed by atoms with Crippen molar-refractivity contribution < 1.29 is 4.74 Å². The van der Waals surface area contributed by atoms with Crippen molar-refractivity contribution in [3.05, 3.63) is 63.9 Å². The minimum Gasteiger partial charge on any atom is -0.494 e. The van der Waals surface area contributed by atoms with Crippen LogP contribution in [-0.4, -0.2) is 23.4 Å². The van der Waals surface area contributed by atoms with Crippen LogP contribution in [0.15, 0.2) is 53.5 Å². The first kappa shape index (κ1) is 16.7. The Morgan fingerprint density at radius 3 is 2.79 bits per heavy atom. The maximum Gasteiger partial charge on any atom is 0.203 e. The van der Waals surface area contributed by atoms with E-state index in [1.54, 1.807) is 18.4 Å². The molecule has 124 valence electrons. The highest BCUT2D eigenvalue weighted by atomic mass is 35.5. The van der Waals surface area contributed by atoms with Gasteiger partial charge < -0.3 is 4.74 Å². The second kappa shape index (κ2) is 7.64. The van der Waals surface area contributed by atoms with E-state index in [1.807, 2.05) is 54.1 Å². The number of hydrogen-bond acceptors (Lipinski definition) is 4. The highest BCUT2D eigenvalue weighted by Gasteiger charge is 2.08. The van der Waals surface area contributed by atoms with Crippen molar-refractivity contribution in [2.24, 2.45) is 4.99 Å². The first-order valence-corrected chi connectivity index (χ1v) is 8.87. The molecular formula is C18H18ClN3OS. The van der Waals surface area contributed by atoms with E-state index in [-0.39, 0.29) is 0 Å². The van der Waals surface area contributed by atoms with Crippen LogP contribution in [0.4, 0.5) is 0 Å². The molecule has 0 aliphatic heterocycles. The molecule has 0 N–H and O–H groups in total. The molecule has 24 heavy (non-hydrogen) atoms. The zero-order valence-electron chi connectivity index (χ0n) is 13.6. The maximum absolute atomic E-state index is 6.08. The van der Waals surface area contributed by atoms with Crippen LogP contribution in [0.3, 0.4) is 0 Å². The molecule has 2 aromatic carbocycles. The van der Waals surface area contributed by atoms with Crippen molar-refractivity contribution in [2.45, 2.75) is 13.5 Å². The van der Waals surface area contributed by atoms with Gasteiger partial charge in [0.2, 0.25) is 4.80 Å². The lowest BCUT2D eigenvalue weighted by Gasteiger charge is -2.06. The zero-order valence-corrected chi connectivity index (χ0v) is 15.1. The Bertz CT molecular complexity index is 901. The molecule has 0 saturated carbocycles. The van der Waals surface area contributed by atoms with Crippen molar-refractivity contribution in [1.82, 2.24) is 9.78 Å². The van der Waals surface area contributed by atoms with Crippen LogP contribution in [0.5, 0.6) is 5.75 Å². The van der Waals surface area contributed by atoms with Gasteiger partial charge in [-0.05, 0) is 36.8 Å². The Balaban J connectivity index is 1.93. The number of benzene rings is 2. The third kappa shape index (κ3) is 3.86. The second-order valence-electron chi connectivity index (χ2n) is 5.16. The summed E-state index contributed by atoms with van der Waals surface area (Å²) in [4.78, 5) is 5.22. The zero-order chi connectivity index (χ0) is 16.9. The van der Waals surface area contributed by atoms with Gasteiger partial charge in [0.05, 0.1) is 13.2 Å². The summed E-state index contributed by atoms with van der Waals surface area (Å²) < 4.78 is 7.47. The molecule has 3 aromatic rings. The fourth-order valence-corrected chi connectivity index (χ4v) is 3.44. The van der Waals surface area contributed by atoms with Crippen LogP contribution >= 0.6 is 22.9 Å². The molecule has 0 aliphatic carbocycles. The van der Waals surface area contributed by atoms with Gasteiger partial charge >= 0.3 is 0 Å². The molecule has 0 fully saturated rings. The van der Waals surface area contributed by atoms with Crippen LogP contribution in [0.1, 0.15) is 12.5 Å². The summed E-state index contributed by atoms with van der Waals surface area (Å²) in [6.07, 6.45) is 0. The van der Waals surface area contributed by atoms with Gasteiger partial charge in [-0.1, -0.05) is 47.2 Å². The summed E-state index contributed by atoms with van der Waals surface area (Å²) in [5.74, 6) is 0.871.